The Balaban J connectivity index is 2.22. The van der Waals surface area contributed by atoms with E-state index in [1.54, 1.807) is 5.19 Å². The minimum absolute atomic E-state index is 1.14. The summed E-state index contributed by atoms with van der Waals surface area (Å²) in [7, 11) is -3.06. The normalized spacial score (nSPS) is 18.3. The summed E-state index contributed by atoms with van der Waals surface area (Å²) in [5, 5.41) is 7.12. The molecule has 1 aliphatic rings. The average molecular weight is 333 g/mol. The van der Waals surface area contributed by atoms with E-state index in [2.05, 4.69) is 79.3 Å². The summed E-state index contributed by atoms with van der Waals surface area (Å²) in [5.41, 5.74) is 2.57. The molecule has 4 aromatic rings. The minimum Gasteiger partial charge on any atom is -0.301 e. The standard InChI is InChI=1S/C19H20N2Si2/c1-22(2)16-11-7-10-14-13-8-5-6-9-15(13)19-20-12-17(23(22,3)4)21(19)18(14)16/h5-12H,1-4H3. The highest BCUT2D eigenvalue weighted by Crippen LogP contribution is 2.33. The first-order valence-corrected chi connectivity index (χ1v) is 15.3. The summed E-state index contributed by atoms with van der Waals surface area (Å²) in [5.74, 6) is 0. The van der Waals surface area contributed by atoms with E-state index in [1.165, 1.54) is 27.0 Å². The second-order valence-electron chi connectivity index (χ2n) is 7.80. The predicted octanol–water partition coefficient (Wildman–Crippen LogP) is 3.56. The van der Waals surface area contributed by atoms with Gasteiger partial charge in [-0.3, -0.25) is 0 Å². The van der Waals surface area contributed by atoms with Gasteiger partial charge in [-0.2, -0.15) is 0 Å². The van der Waals surface area contributed by atoms with E-state index >= 15 is 0 Å². The molecule has 0 atom stereocenters. The fourth-order valence-electron chi connectivity index (χ4n) is 4.28. The second kappa shape index (κ2) is 3.94. The molecule has 0 radical (unpaired) electrons. The molecule has 0 spiro atoms. The molecule has 0 N–H and O–H groups in total. The molecule has 0 saturated carbocycles. The molecule has 0 unspecified atom stereocenters. The van der Waals surface area contributed by atoms with Gasteiger partial charge in [0.1, 0.15) is 13.2 Å². The number of pyridine rings is 1. The second-order valence-corrected chi connectivity index (χ2v) is 22.9. The summed E-state index contributed by atoms with van der Waals surface area (Å²) < 4.78 is 2.50. The van der Waals surface area contributed by atoms with E-state index in [4.69, 9.17) is 4.98 Å². The maximum Gasteiger partial charge on any atom is 0.144 e. The molecule has 2 aromatic heterocycles. The van der Waals surface area contributed by atoms with Gasteiger partial charge in [-0.15, -0.1) is 0 Å². The average Bonchev–Trinajstić information content (AvgIpc) is 2.99. The lowest BCUT2D eigenvalue weighted by atomic mass is 10.1. The number of fused-ring (bicyclic) bond motifs is 3. The van der Waals surface area contributed by atoms with Gasteiger partial charge in [0.25, 0.3) is 0 Å². The molecule has 0 bridgehead atoms. The molecule has 2 aromatic carbocycles. The molecule has 0 saturated heterocycles. The fraction of sp³-hybridized carbons (Fsp3) is 0.211. The number of rotatable bonds is 0. The molecular weight excluding hydrogens is 312 g/mol. The SMILES string of the molecule is C[Si]1(C)c2cccc3c4ccccc4c4ncc(n4c23)[Si]1(C)C. The van der Waals surface area contributed by atoms with Crippen LogP contribution in [0.25, 0.3) is 27.3 Å². The van der Waals surface area contributed by atoms with E-state index in [1.807, 2.05) is 0 Å². The molecule has 23 heavy (non-hydrogen) atoms. The van der Waals surface area contributed by atoms with Gasteiger partial charge in [0, 0.05) is 22.3 Å². The third-order valence-corrected chi connectivity index (χ3v) is 23.8. The van der Waals surface area contributed by atoms with Gasteiger partial charge in [0.15, 0.2) is 0 Å². The van der Waals surface area contributed by atoms with Crippen molar-refractivity contribution >= 4 is 53.0 Å². The zero-order valence-electron chi connectivity index (χ0n) is 14.0. The summed E-state index contributed by atoms with van der Waals surface area (Å²) in [6, 6.07) is 15.7. The van der Waals surface area contributed by atoms with Crippen molar-refractivity contribution < 1.29 is 0 Å². The van der Waals surface area contributed by atoms with Crippen LogP contribution in [0.3, 0.4) is 0 Å². The number of para-hydroxylation sites is 1. The van der Waals surface area contributed by atoms with Crippen molar-refractivity contribution in [3.8, 4) is 0 Å². The number of benzene rings is 2. The van der Waals surface area contributed by atoms with Crippen LogP contribution in [0.4, 0.5) is 0 Å². The van der Waals surface area contributed by atoms with Crippen LogP contribution in [0, 0.1) is 0 Å². The number of nitrogens with zero attached hydrogens (tertiary/aromatic N) is 2. The number of hydrogen-bond acceptors (Lipinski definition) is 1. The van der Waals surface area contributed by atoms with Crippen LogP contribution in [0.5, 0.6) is 0 Å². The van der Waals surface area contributed by atoms with Crippen LogP contribution in [0.1, 0.15) is 0 Å². The first kappa shape index (κ1) is 13.5. The van der Waals surface area contributed by atoms with Crippen LogP contribution < -0.4 is 10.5 Å². The van der Waals surface area contributed by atoms with E-state index in [-0.39, 0.29) is 0 Å². The van der Waals surface area contributed by atoms with E-state index in [0.717, 1.165) is 5.65 Å². The maximum atomic E-state index is 4.88. The third-order valence-electron chi connectivity index (χ3n) is 6.36. The zero-order chi connectivity index (χ0) is 16.0. The van der Waals surface area contributed by atoms with Crippen molar-refractivity contribution in [2.75, 3.05) is 0 Å². The Morgan fingerprint density at radius 3 is 2.26 bits per heavy atom. The molecule has 5 rings (SSSR count). The number of hydrogen-bond donors (Lipinski definition) is 0. The maximum absolute atomic E-state index is 4.88. The van der Waals surface area contributed by atoms with Crippen molar-refractivity contribution in [1.82, 2.24) is 9.38 Å². The molecule has 0 amide bonds. The van der Waals surface area contributed by atoms with Crippen LogP contribution in [0.15, 0.2) is 48.7 Å². The fourth-order valence-corrected chi connectivity index (χ4v) is 13.2. The van der Waals surface area contributed by atoms with Crippen LogP contribution in [-0.2, 0) is 0 Å². The lowest BCUT2D eigenvalue weighted by Gasteiger charge is -2.42. The van der Waals surface area contributed by atoms with Crippen molar-refractivity contribution in [1.29, 1.82) is 0 Å². The summed E-state index contributed by atoms with van der Waals surface area (Å²) in [6.45, 7) is 10.2. The molecule has 2 nitrogen and oxygen atoms in total. The highest BCUT2D eigenvalue weighted by atomic mass is 29.3. The van der Waals surface area contributed by atoms with Gasteiger partial charge in [-0.1, -0.05) is 68.7 Å². The number of aromatic nitrogens is 2. The molecule has 0 aliphatic carbocycles. The van der Waals surface area contributed by atoms with Gasteiger partial charge in [-0.25, -0.2) is 4.98 Å². The van der Waals surface area contributed by atoms with Crippen molar-refractivity contribution in [2.45, 2.75) is 26.2 Å². The quantitative estimate of drug-likeness (QED) is 0.355. The first-order chi connectivity index (χ1) is 10.9. The van der Waals surface area contributed by atoms with Crippen LogP contribution in [-0.4, -0.2) is 24.6 Å². The first-order valence-electron chi connectivity index (χ1n) is 8.26. The highest BCUT2D eigenvalue weighted by Gasteiger charge is 2.49. The van der Waals surface area contributed by atoms with Gasteiger partial charge < -0.3 is 4.40 Å². The number of imidazole rings is 1. The molecule has 0 fully saturated rings. The van der Waals surface area contributed by atoms with Gasteiger partial charge in [0.05, 0.1) is 13.1 Å². The van der Waals surface area contributed by atoms with E-state index < -0.39 is 15.2 Å². The molecule has 114 valence electrons. The molecule has 1 aliphatic heterocycles. The Hall–Kier alpha value is -1.92. The molecular formula is C19H20N2Si2. The minimum atomic E-state index is -1.54. The Bertz CT molecular complexity index is 1120. The van der Waals surface area contributed by atoms with Crippen molar-refractivity contribution in [3.63, 3.8) is 0 Å². The molecule has 4 heteroatoms. The van der Waals surface area contributed by atoms with Crippen molar-refractivity contribution in [3.05, 3.63) is 48.7 Å². The van der Waals surface area contributed by atoms with Crippen LogP contribution >= 0.6 is 0 Å². The van der Waals surface area contributed by atoms with E-state index in [9.17, 15) is 0 Å². The lowest BCUT2D eigenvalue weighted by Crippen LogP contribution is -2.72. The predicted molar refractivity (Wildman–Crippen MR) is 104 cm³/mol. The third kappa shape index (κ3) is 1.38. The summed E-state index contributed by atoms with van der Waals surface area (Å²) >= 11 is 0. The Labute approximate surface area is 137 Å². The van der Waals surface area contributed by atoms with Gasteiger partial charge in [-0.05, 0) is 10.6 Å². The Kier molecular flexibility index (Phi) is 2.32. The van der Waals surface area contributed by atoms with Crippen molar-refractivity contribution in [2.24, 2.45) is 0 Å². The Morgan fingerprint density at radius 2 is 1.48 bits per heavy atom. The lowest BCUT2D eigenvalue weighted by molar-refractivity contribution is 1.30. The monoisotopic (exact) mass is 332 g/mol. The van der Waals surface area contributed by atoms with Gasteiger partial charge >= 0.3 is 0 Å². The topological polar surface area (TPSA) is 17.3 Å². The summed E-state index contributed by atoms with van der Waals surface area (Å²) in [4.78, 5) is 4.88. The van der Waals surface area contributed by atoms with E-state index in [0.29, 0.717) is 0 Å². The highest BCUT2D eigenvalue weighted by molar-refractivity contribution is 7.50. The summed E-state index contributed by atoms with van der Waals surface area (Å²) in [6.07, 6.45) is 2.18. The smallest absolute Gasteiger partial charge is 0.144 e. The van der Waals surface area contributed by atoms with Gasteiger partial charge in [0.2, 0.25) is 0 Å². The Morgan fingerprint density at radius 1 is 0.783 bits per heavy atom. The van der Waals surface area contributed by atoms with Crippen LogP contribution in [0.2, 0.25) is 26.2 Å². The zero-order valence-corrected chi connectivity index (χ0v) is 16.0. The molecule has 3 heterocycles. The largest absolute Gasteiger partial charge is 0.301 e.